The first kappa shape index (κ1) is 24.0. The Morgan fingerprint density at radius 1 is 1.15 bits per heavy atom. The van der Waals surface area contributed by atoms with Gasteiger partial charge in [0.15, 0.2) is 22.1 Å². The minimum Gasteiger partial charge on any atom is -0.396 e. The van der Waals surface area contributed by atoms with E-state index in [0.717, 1.165) is 24.2 Å². The molecule has 0 aliphatic heterocycles. The number of nitrogens with one attached hydrogen (secondary N) is 1. The zero-order valence-electron chi connectivity index (χ0n) is 18.5. The highest BCUT2D eigenvalue weighted by Gasteiger charge is 2.44. The van der Waals surface area contributed by atoms with Crippen molar-refractivity contribution in [2.24, 2.45) is 5.92 Å². The fourth-order valence-electron chi connectivity index (χ4n) is 4.56. The lowest BCUT2D eigenvalue weighted by Gasteiger charge is -2.17. The number of aromatic nitrogens is 5. The van der Waals surface area contributed by atoms with E-state index in [1.165, 1.54) is 0 Å². The summed E-state index contributed by atoms with van der Waals surface area (Å²) in [7, 11) is 0. The molecule has 182 valence electrons. The molecule has 5 rings (SSSR count). The second-order valence-electron chi connectivity index (χ2n) is 8.90. The minimum atomic E-state index is -1.07. The normalized spacial score (nSPS) is 28.5. The number of thioether (sulfide) groups is 1. The van der Waals surface area contributed by atoms with Crippen molar-refractivity contribution in [2.45, 2.75) is 61.6 Å². The van der Waals surface area contributed by atoms with Gasteiger partial charge in [-0.1, -0.05) is 53.2 Å². The van der Waals surface area contributed by atoms with Gasteiger partial charge in [-0.15, -0.1) is 5.10 Å². The van der Waals surface area contributed by atoms with Gasteiger partial charge in [0.05, 0.1) is 22.2 Å². The van der Waals surface area contributed by atoms with Crippen LogP contribution < -0.4 is 5.32 Å². The largest absolute Gasteiger partial charge is 0.396 e. The zero-order chi connectivity index (χ0) is 24.0. The molecule has 2 aliphatic rings. The van der Waals surface area contributed by atoms with Gasteiger partial charge in [0.2, 0.25) is 0 Å². The predicted octanol–water partition coefficient (Wildman–Crippen LogP) is 3.27. The van der Waals surface area contributed by atoms with Crippen LogP contribution in [0, 0.1) is 5.92 Å². The van der Waals surface area contributed by atoms with Gasteiger partial charge in [0, 0.05) is 30.2 Å². The summed E-state index contributed by atoms with van der Waals surface area (Å²) in [6, 6.07) is 5.31. The van der Waals surface area contributed by atoms with Gasteiger partial charge in [-0.3, -0.25) is 0 Å². The van der Waals surface area contributed by atoms with Crippen LogP contribution in [-0.2, 0) is 0 Å². The fourth-order valence-corrected chi connectivity index (χ4v) is 5.56. The fraction of sp³-hybridized carbons (Fsp3) is 0.545. The van der Waals surface area contributed by atoms with Crippen molar-refractivity contribution < 1.29 is 15.3 Å². The Morgan fingerprint density at radius 3 is 2.68 bits per heavy atom. The molecular weight excluding hydrogens is 499 g/mol. The molecule has 4 N–H and O–H groups in total. The number of hydrogen-bond acceptors (Lipinski definition) is 9. The lowest BCUT2D eigenvalue weighted by Crippen LogP contribution is -2.30. The van der Waals surface area contributed by atoms with Crippen LogP contribution in [-0.4, -0.2) is 70.9 Å². The summed E-state index contributed by atoms with van der Waals surface area (Å²) in [5.41, 5.74) is 2.12. The van der Waals surface area contributed by atoms with Crippen LogP contribution in [0.4, 0.5) is 5.82 Å². The van der Waals surface area contributed by atoms with Crippen molar-refractivity contribution in [3.8, 4) is 0 Å². The molecule has 2 aromatic heterocycles. The van der Waals surface area contributed by atoms with Gasteiger partial charge >= 0.3 is 0 Å². The molecule has 0 bridgehead atoms. The van der Waals surface area contributed by atoms with E-state index in [-0.39, 0.29) is 18.6 Å². The molecule has 9 nitrogen and oxygen atoms in total. The highest BCUT2D eigenvalue weighted by molar-refractivity contribution is 7.99. The second-order valence-corrected chi connectivity index (χ2v) is 10.8. The molecule has 2 fully saturated rings. The van der Waals surface area contributed by atoms with Crippen molar-refractivity contribution in [3.63, 3.8) is 0 Å². The third kappa shape index (κ3) is 4.47. The first-order chi connectivity index (χ1) is 16.4. The number of fused-ring (bicyclic) bond motifs is 1. The van der Waals surface area contributed by atoms with Crippen molar-refractivity contribution in [1.82, 2.24) is 25.0 Å². The average Bonchev–Trinajstić information content (AvgIpc) is 3.37. The SMILES string of the molecule is CCCSc1nc(NC2CC2c2ccc(Cl)c(Cl)c2)c2nnn(C3CC(CO)C(O)C3O)c2n1. The molecule has 3 aromatic rings. The molecule has 0 radical (unpaired) electrons. The van der Waals surface area contributed by atoms with Gasteiger partial charge in [0.25, 0.3) is 0 Å². The van der Waals surface area contributed by atoms with Crippen LogP contribution in [0.3, 0.4) is 0 Å². The van der Waals surface area contributed by atoms with E-state index < -0.39 is 24.2 Å². The smallest absolute Gasteiger partial charge is 0.191 e. The molecule has 34 heavy (non-hydrogen) atoms. The number of halogens is 2. The number of anilines is 1. The molecule has 1 aromatic carbocycles. The van der Waals surface area contributed by atoms with Crippen LogP contribution in [0.1, 0.15) is 43.7 Å². The van der Waals surface area contributed by atoms with E-state index in [9.17, 15) is 15.3 Å². The van der Waals surface area contributed by atoms with Gasteiger partial charge in [-0.2, -0.15) is 0 Å². The number of benzene rings is 1. The van der Waals surface area contributed by atoms with E-state index in [1.807, 2.05) is 18.2 Å². The van der Waals surface area contributed by atoms with E-state index in [0.29, 0.717) is 38.6 Å². The molecule has 0 spiro atoms. The Kier molecular flexibility index (Phi) is 6.89. The van der Waals surface area contributed by atoms with Gasteiger partial charge < -0.3 is 20.6 Å². The summed E-state index contributed by atoms with van der Waals surface area (Å²) in [4.78, 5) is 9.39. The van der Waals surface area contributed by atoms with Crippen molar-refractivity contribution >= 4 is 51.9 Å². The van der Waals surface area contributed by atoms with Crippen molar-refractivity contribution in [1.29, 1.82) is 0 Å². The maximum Gasteiger partial charge on any atom is 0.191 e. The van der Waals surface area contributed by atoms with Gasteiger partial charge in [-0.05, 0) is 37.0 Å². The summed E-state index contributed by atoms with van der Waals surface area (Å²) in [6.07, 6.45) is 0.174. The van der Waals surface area contributed by atoms with E-state index in [2.05, 4.69) is 27.5 Å². The molecule has 0 saturated heterocycles. The molecule has 0 amide bonds. The topological polar surface area (TPSA) is 129 Å². The number of aliphatic hydroxyl groups excluding tert-OH is 3. The van der Waals surface area contributed by atoms with E-state index in [4.69, 9.17) is 28.2 Å². The molecule has 6 atom stereocenters. The second kappa shape index (κ2) is 9.75. The number of nitrogens with zero attached hydrogens (tertiary/aromatic N) is 5. The molecule has 2 aliphatic carbocycles. The van der Waals surface area contributed by atoms with Crippen LogP contribution in [0.25, 0.3) is 11.2 Å². The summed E-state index contributed by atoms with van der Waals surface area (Å²) in [5.74, 6) is 1.30. The average molecular weight is 525 g/mol. The number of hydrogen-bond donors (Lipinski definition) is 4. The number of aliphatic hydroxyl groups is 3. The van der Waals surface area contributed by atoms with Crippen LogP contribution in [0.5, 0.6) is 0 Å². The monoisotopic (exact) mass is 524 g/mol. The van der Waals surface area contributed by atoms with Crippen LogP contribution in [0.15, 0.2) is 23.4 Å². The Bertz CT molecular complexity index is 1200. The third-order valence-electron chi connectivity index (χ3n) is 6.54. The summed E-state index contributed by atoms with van der Waals surface area (Å²) >= 11 is 13.8. The Morgan fingerprint density at radius 2 is 1.97 bits per heavy atom. The summed E-state index contributed by atoms with van der Waals surface area (Å²) < 4.78 is 1.56. The van der Waals surface area contributed by atoms with Gasteiger partial charge in [0.1, 0.15) is 6.10 Å². The molecule has 12 heteroatoms. The lowest BCUT2D eigenvalue weighted by molar-refractivity contribution is -0.00512. The van der Waals surface area contributed by atoms with E-state index in [1.54, 1.807) is 16.4 Å². The highest BCUT2D eigenvalue weighted by Crippen LogP contribution is 2.45. The Labute approximate surface area is 210 Å². The highest BCUT2D eigenvalue weighted by atomic mass is 35.5. The zero-order valence-corrected chi connectivity index (χ0v) is 20.8. The maximum atomic E-state index is 10.6. The Balaban J connectivity index is 1.45. The molecule has 6 unspecified atom stereocenters. The third-order valence-corrected chi connectivity index (χ3v) is 8.34. The minimum absolute atomic E-state index is 0.155. The first-order valence-corrected chi connectivity index (χ1v) is 13.1. The van der Waals surface area contributed by atoms with Gasteiger partial charge in [-0.25, -0.2) is 14.6 Å². The lowest BCUT2D eigenvalue weighted by atomic mass is 10.1. The van der Waals surface area contributed by atoms with E-state index >= 15 is 0 Å². The Hall–Kier alpha value is -1.69. The molecular formula is C22H26Cl2N6O3S. The number of rotatable bonds is 8. The van der Waals surface area contributed by atoms with Crippen LogP contribution >= 0.6 is 35.0 Å². The quantitative estimate of drug-likeness (QED) is 0.259. The standard InChI is InChI=1S/C22H26Cl2N6O3S/c1-2-5-34-22-26-20(25-15-8-12(15)10-3-4-13(23)14(24)6-10)17-21(27-22)30(29-28-17)16-7-11(9-31)18(32)19(16)33/h3-4,6,11-12,15-16,18-19,31-33H,2,5,7-9H2,1H3,(H,25,26,27). The predicted molar refractivity (Wildman–Crippen MR) is 132 cm³/mol. The van der Waals surface area contributed by atoms with Crippen molar-refractivity contribution in [3.05, 3.63) is 33.8 Å². The molecule has 2 saturated carbocycles. The van der Waals surface area contributed by atoms with Crippen LogP contribution in [0.2, 0.25) is 10.0 Å². The van der Waals surface area contributed by atoms with Crippen molar-refractivity contribution in [2.75, 3.05) is 17.7 Å². The molecule has 2 heterocycles. The summed E-state index contributed by atoms with van der Waals surface area (Å²) in [6.45, 7) is 1.88. The first-order valence-electron chi connectivity index (χ1n) is 11.4. The summed E-state index contributed by atoms with van der Waals surface area (Å²) in [5, 5.41) is 44.2. The maximum absolute atomic E-state index is 10.6.